The number of ether oxygens (including phenoxy) is 1. The maximum absolute atomic E-state index is 13.9. The second kappa shape index (κ2) is 9.87. The third-order valence-corrected chi connectivity index (χ3v) is 5.20. The van der Waals surface area contributed by atoms with Gasteiger partial charge in [-0.05, 0) is 44.5 Å². The molecule has 1 amide bonds. The summed E-state index contributed by atoms with van der Waals surface area (Å²) in [4.78, 5) is 17.4. The number of aliphatic hydroxyl groups is 1. The van der Waals surface area contributed by atoms with Gasteiger partial charge in [0.2, 0.25) is 0 Å². The Bertz CT molecular complexity index is 1050. The van der Waals surface area contributed by atoms with Crippen molar-refractivity contribution in [1.82, 2.24) is 14.7 Å². The molecule has 8 heteroatoms. The number of carbonyl (C=O) groups excluding carboxylic acids is 1. The lowest BCUT2D eigenvalue weighted by atomic mass is 10.1. The summed E-state index contributed by atoms with van der Waals surface area (Å²) >= 11 is 0. The number of imidazole rings is 1. The Kier molecular flexibility index (Phi) is 7.22. The lowest BCUT2D eigenvalue weighted by Gasteiger charge is -2.21. The third-order valence-electron chi connectivity index (χ3n) is 5.20. The molecule has 3 rings (SSSR count). The number of benzene rings is 1. The number of halogens is 2. The molecule has 166 valence electrons. The average molecular weight is 431 g/mol. The standard InChI is InChI=1S/C23H27F2N3O3/c1-4-5-10-19(15(3)29)27-23(30)21-14(2)26-22-20(11-7-12-28(21)22)31-13-16-17(24)8-6-9-18(16)25/h6-9,11-12,15,19,29H,4-5,10,13H2,1-3H3,(H,27,30)/t15?,19-/m1/s1. The molecule has 2 atom stereocenters. The van der Waals surface area contributed by atoms with Crippen LogP contribution in [0.1, 0.15) is 54.9 Å². The Morgan fingerprint density at radius 1 is 1.26 bits per heavy atom. The van der Waals surface area contributed by atoms with Crippen LogP contribution in [0.5, 0.6) is 5.75 Å². The van der Waals surface area contributed by atoms with Crippen LogP contribution in [-0.4, -0.2) is 32.5 Å². The molecule has 1 aromatic carbocycles. The van der Waals surface area contributed by atoms with Gasteiger partial charge >= 0.3 is 0 Å². The van der Waals surface area contributed by atoms with E-state index < -0.39 is 17.7 Å². The van der Waals surface area contributed by atoms with E-state index in [9.17, 15) is 18.7 Å². The van der Waals surface area contributed by atoms with Crippen LogP contribution in [0.2, 0.25) is 0 Å². The predicted molar refractivity (Wildman–Crippen MR) is 113 cm³/mol. The Balaban J connectivity index is 1.86. The number of nitrogens with zero attached hydrogens (tertiary/aromatic N) is 2. The average Bonchev–Trinajstić information content (AvgIpc) is 3.07. The van der Waals surface area contributed by atoms with Crippen LogP contribution in [-0.2, 0) is 6.61 Å². The van der Waals surface area contributed by atoms with Crippen LogP contribution in [0.3, 0.4) is 0 Å². The van der Waals surface area contributed by atoms with E-state index in [1.165, 1.54) is 18.2 Å². The first-order chi connectivity index (χ1) is 14.8. The minimum absolute atomic E-state index is 0.179. The van der Waals surface area contributed by atoms with Crippen molar-refractivity contribution < 1.29 is 23.4 Å². The second-order valence-electron chi connectivity index (χ2n) is 7.56. The molecule has 0 bridgehead atoms. The minimum atomic E-state index is -0.692. The maximum atomic E-state index is 13.9. The van der Waals surface area contributed by atoms with E-state index in [4.69, 9.17) is 4.74 Å². The Hall–Kier alpha value is -3.00. The lowest BCUT2D eigenvalue weighted by Crippen LogP contribution is -2.42. The number of rotatable bonds is 9. The van der Waals surface area contributed by atoms with E-state index in [1.807, 2.05) is 6.92 Å². The maximum Gasteiger partial charge on any atom is 0.270 e. The normalized spacial score (nSPS) is 13.2. The van der Waals surface area contributed by atoms with Gasteiger partial charge in [-0.1, -0.05) is 25.8 Å². The van der Waals surface area contributed by atoms with Crippen molar-refractivity contribution in [1.29, 1.82) is 0 Å². The van der Waals surface area contributed by atoms with Gasteiger partial charge in [0.25, 0.3) is 5.91 Å². The van der Waals surface area contributed by atoms with Gasteiger partial charge in [0.05, 0.1) is 23.4 Å². The molecule has 2 heterocycles. The first kappa shape index (κ1) is 22.7. The van der Waals surface area contributed by atoms with E-state index in [0.717, 1.165) is 12.8 Å². The number of carbonyl (C=O) groups is 1. The molecule has 0 saturated heterocycles. The Morgan fingerprint density at radius 3 is 2.61 bits per heavy atom. The molecule has 2 N–H and O–H groups in total. The molecule has 0 spiro atoms. The van der Waals surface area contributed by atoms with Crippen molar-refractivity contribution in [3.8, 4) is 5.75 Å². The second-order valence-corrected chi connectivity index (χ2v) is 7.56. The number of pyridine rings is 1. The summed E-state index contributed by atoms with van der Waals surface area (Å²) in [7, 11) is 0. The number of amides is 1. The smallest absolute Gasteiger partial charge is 0.270 e. The zero-order chi connectivity index (χ0) is 22.5. The fourth-order valence-electron chi connectivity index (χ4n) is 3.46. The van der Waals surface area contributed by atoms with Gasteiger partial charge in [0, 0.05) is 6.20 Å². The third kappa shape index (κ3) is 5.02. The van der Waals surface area contributed by atoms with Crippen molar-refractivity contribution in [3.05, 3.63) is 65.1 Å². The summed E-state index contributed by atoms with van der Waals surface area (Å²) in [5.41, 5.74) is 0.982. The van der Waals surface area contributed by atoms with Crippen molar-refractivity contribution in [2.24, 2.45) is 0 Å². The highest BCUT2D eigenvalue weighted by Crippen LogP contribution is 2.24. The van der Waals surface area contributed by atoms with Gasteiger partial charge in [-0.15, -0.1) is 0 Å². The zero-order valence-electron chi connectivity index (χ0n) is 17.9. The highest BCUT2D eigenvalue weighted by atomic mass is 19.1. The lowest BCUT2D eigenvalue weighted by molar-refractivity contribution is 0.0841. The number of fused-ring (bicyclic) bond motifs is 1. The highest BCUT2D eigenvalue weighted by molar-refractivity contribution is 5.95. The van der Waals surface area contributed by atoms with Crippen LogP contribution >= 0.6 is 0 Å². The number of aliphatic hydroxyl groups excluding tert-OH is 1. The summed E-state index contributed by atoms with van der Waals surface area (Å²) in [5.74, 6) is -1.44. The molecule has 2 aromatic heterocycles. The summed E-state index contributed by atoms with van der Waals surface area (Å²) in [5, 5.41) is 12.9. The number of aromatic nitrogens is 2. The van der Waals surface area contributed by atoms with Gasteiger partial charge < -0.3 is 15.2 Å². The SMILES string of the molecule is CCCC[C@@H](NC(=O)c1c(C)nc2c(OCc3c(F)cccc3F)cccn12)C(C)O. The summed E-state index contributed by atoms with van der Waals surface area (Å²) in [6, 6.07) is 6.55. The molecular formula is C23H27F2N3O3. The molecule has 6 nitrogen and oxygen atoms in total. The highest BCUT2D eigenvalue weighted by Gasteiger charge is 2.23. The molecule has 0 fully saturated rings. The molecule has 0 radical (unpaired) electrons. The molecular weight excluding hydrogens is 404 g/mol. The van der Waals surface area contributed by atoms with E-state index in [1.54, 1.807) is 36.6 Å². The van der Waals surface area contributed by atoms with Crippen molar-refractivity contribution in [2.75, 3.05) is 0 Å². The van der Waals surface area contributed by atoms with Gasteiger partial charge in [-0.25, -0.2) is 13.8 Å². The number of unbranched alkanes of at least 4 members (excludes halogenated alkanes) is 1. The monoisotopic (exact) mass is 431 g/mol. The predicted octanol–water partition coefficient (Wildman–Crippen LogP) is 4.17. The largest absolute Gasteiger partial charge is 0.485 e. The van der Waals surface area contributed by atoms with Crippen LogP contribution in [0, 0.1) is 18.6 Å². The minimum Gasteiger partial charge on any atom is -0.485 e. The van der Waals surface area contributed by atoms with Gasteiger partial charge in [-0.3, -0.25) is 9.20 Å². The van der Waals surface area contributed by atoms with Crippen LogP contribution in [0.4, 0.5) is 8.78 Å². The Labute approximate surface area is 179 Å². The van der Waals surface area contributed by atoms with Crippen LogP contribution in [0.15, 0.2) is 36.5 Å². The molecule has 0 aliphatic heterocycles. The first-order valence-electron chi connectivity index (χ1n) is 10.4. The quantitative estimate of drug-likeness (QED) is 0.533. The fourth-order valence-corrected chi connectivity index (χ4v) is 3.46. The number of hydrogen-bond acceptors (Lipinski definition) is 4. The van der Waals surface area contributed by atoms with E-state index in [2.05, 4.69) is 10.3 Å². The Morgan fingerprint density at radius 2 is 1.97 bits per heavy atom. The summed E-state index contributed by atoms with van der Waals surface area (Å²) in [6.45, 7) is 5.08. The fraction of sp³-hybridized carbons (Fsp3) is 0.391. The van der Waals surface area contributed by atoms with Crippen LogP contribution in [0.25, 0.3) is 5.65 Å². The first-order valence-corrected chi connectivity index (χ1v) is 10.4. The van der Waals surface area contributed by atoms with E-state index >= 15 is 0 Å². The number of nitrogens with one attached hydrogen (secondary N) is 1. The van der Waals surface area contributed by atoms with E-state index in [-0.39, 0.29) is 24.1 Å². The number of aryl methyl sites for hydroxylation is 1. The molecule has 1 unspecified atom stereocenters. The van der Waals surface area contributed by atoms with Crippen molar-refractivity contribution in [2.45, 2.75) is 58.8 Å². The molecule has 0 aliphatic carbocycles. The number of hydrogen-bond donors (Lipinski definition) is 2. The van der Waals surface area contributed by atoms with Crippen molar-refractivity contribution in [3.63, 3.8) is 0 Å². The van der Waals surface area contributed by atoms with Gasteiger partial charge in [0.1, 0.15) is 23.9 Å². The zero-order valence-corrected chi connectivity index (χ0v) is 17.9. The molecule has 0 saturated carbocycles. The van der Waals surface area contributed by atoms with Gasteiger partial charge in [-0.2, -0.15) is 0 Å². The topological polar surface area (TPSA) is 75.9 Å². The van der Waals surface area contributed by atoms with E-state index in [0.29, 0.717) is 29.2 Å². The van der Waals surface area contributed by atoms with Gasteiger partial charge in [0.15, 0.2) is 11.4 Å². The summed E-state index contributed by atoms with van der Waals surface area (Å²) < 4.78 is 35.0. The molecule has 3 aromatic rings. The molecule has 0 aliphatic rings. The van der Waals surface area contributed by atoms with Crippen molar-refractivity contribution >= 4 is 11.6 Å². The summed E-state index contributed by atoms with van der Waals surface area (Å²) in [6.07, 6.45) is 3.48. The molecule has 31 heavy (non-hydrogen) atoms. The van der Waals surface area contributed by atoms with Crippen LogP contribution < -0.4 is 10.1 Å².